The second-order valence-corrected chi connectivity index (χ2v) is 7.38. The van der Waals surface area contributed by atoms with E-state index in [-0.39, 0.29) is 29.8 Å². The molecule has 0 radical (unpaired) electrons. The molecule has 134 valence electrons. The number of nitrogens with one attached hydrogen (secondary N) is 1. The topological polar surface area (TPSA) is 75.4 Å². The number of carbonyl (C=O) groups is 2. The highest BCUT2D eigenvalue weighted by Gasteiger charge is 2.33. The van der Waals surface area contributed by atoms with Gasteiger partial charge in [-0.15, -0.1) is 0 Å². The number of hydrogen-bond donors (Lipinski definition) is 2. The molecule has 2 atom stereocenters. The zero-order valence-electron chi connectivity index (χ0n) is 14.9. The third-order valence-corrected chi connectivity index (χ3v) is 5.07. The molecule has 3 N–H and O–H groups in total. The van der Waals surface area contributed by atoms with E-state index in [4.69, 9.17) is 5.73 Å². The molecule has 3 rings (SSSR count). The summed E-state index contributed by atoms with van der Waals surface area (Å²) in [4.78, 5) is 26.1. The number of carbonyl (C=O) groups excluding carboxylic acids is 2. The van der Waals surface area contributed by atoms with Crippen LogP contribution in [0.4, 0.5) is 5.69 Å². The first-order valence-electron chi connectivity index (χ1n) is 9.10. The number of primary amides is 1. The number of para-hydroxylation sites is 1. The Morgan fingerprint density at radius 3 is 2.64 bits per heavy atom. The molecule has 5 heteroatoms. The minimum absolute atomic E-state index is 0.00225. The zero-order valence-corrected chi connectivity index (χ0v) is 14.9. The highest BCUT2D eigenvalue weighted by Crippen LogP contribution is 2.34. The summed E-state index contributed by atoms with van der Waals surface area (Å²) in [6.07, 6.45) is 6.70. The van der Waals surface area contributed by atoms with Crippen LogP contribution in [0, 0.1) is 11.8 Å². The van der Waals surface area contributed by atoms with Crippen LogP contribution in [0.5, 0.6) is 0 Å². The van der Waals surface area contributed by atoms with Gasteiger partial charge in [0.1, 0.15) is 0 Å². The van der Waals surface area contributed by atoms with Crippen molar-refractivity contribution in [3.63, 3.8) is 0 Å². The molecule has 1 heterocycles. The third kappa shape index (κ3) is 4.10. The normalized spacial score (nSPS) is 19.2. The smallest absolute Gasteiger partial charge is 0.250 e. The Morgan fingerprint density at radius 2 is 2.00 bits per heavy atom. The number of rotatable bonds is 7. The maximum absolute atomic E-state index is 12.6. The van der Waals surface area contributed by atoms with Crippen molar-refractivity contribution in [2.24, 2.45) is 17.6 Å². The van der Waals surface area contributed by atoms with Crippen molar-refractivity contribution in [3.05, 3.63) is 42.0 Å². The summed E-state index contributed by atoms with van der Waals surface area (Å²) in [5, 5.41) is 3.35. The molecular formula is C20H27N3O2. The molecule has 1 aliphatic heterocycles. The maximum atomic E-state index is 12.6. The van der Waals surface area contributed by atoms with Crippen molar-refractivity contribution in [2.45, 2.75) is 45.2 Å². The van der Waals surface area contributed by atoms with E-state index in [2.05, 4.69) is 11.4 Å². The largest absolute Gasteiger partial charge is 0.368 e. The molecule has 1 aromatic carbocycles. The first kappa shape index (κ1) is 17.7. The number of fused-ring (bicyclic) bond motifs is 1. The van der Waals surface area contributed by atoms with Crippen LogP contribution in [-0.4, -0.2) is 30.4 Å². The standard InChI is InChI=1S/C20H27N3O2/c1-13(2)19(20(21)25)22-16(14-7-8-14)9-10-18(24)23-12-11-15-5-3-4-6-17(15)23/h3-6,9-10,13-14,16,19,22H,7-8,11-12H2,1-2H3,(H2,21,25)/b10-9+/t16-,19+/m1/s1. The van der Waals surface area contributed by atoms with Crippen molar-refractivity contribution < 1.29 is 9.59 Å². The minimum atomic E-state index is -0.377. The van der Waals surface area contributed by atoms with Gasteiger partial charge in [0.25, 0.3) is 5.91 Å². The number of anilines is 1. The average molecular weight is 341 g/mol. The fourth-order valence-corrected chi connectivity index (χ4v) is 3.46. The van der Waals surface area contributed by atoms with Crippen molar-refractivity contribution in [3.8, 4) is 0 Å². The van der Waals surface area contributed by atoms with Crippen LogP contribution in [0.1, 0.15) is 32.3 Å². The second-order valence-electron chi connectivity index (χ2n) is 7.38. The Labute approximate surface area is 149 Å². The average Bonchev–Trinajstić information content (AvgIpc) is 3.32. The van der Waals surface area contributed by atoms with Crippen LogP contribution in [0.2, 0.25) is 0 Å². The molecule has 0 saturated heterocycles. The van der Waals surface area contributed by atoms with E-state index in [1.54, 1.807) is 6.08 Å². The van der Waals surface area contributed by atoms with Gasteiger partial charge in [0, 0.05) is 24.4 Å². The lowest BCUT2D eigenvalue weighted by Gasteiger charge is -2.24. The zero-order chi connectivity index (χ0) is 18.0. The third-order valence-electron chi connectivity index (χ3n) is 5.07. The van der Waals surface area contributed by atoms with Crippen LogP contribution in [-0.2, 0) is 16.0 Å². The van der Waals surface area contributed by atoms with E-state index in [1.165, 1.54) is 5.56 Å². The molecule has 2 aliphatic rings. The molecule has 1 aromatic rings. The lowest BCUT2D eigenvalue weighted by molar-refractivity contribution is -0.121. The summed E-state index contributed by atoms with van der Waals surface area (Å²) in [6.45, 7) is 4.67. The van der Waals surface area contributed by atoms with Crippen LogP contribution >= 0.6 is 0 Å². The van der Waals surface area contributed by atoms with Crippen LogP contribution in [0.25, 0.3) is 0 Å². The Morgan fingerprint density at radius 1 is 1.28 bits per heavy atom. The fraction of sp³-hybridized carbons (Fsp3) is 0.500. The summed E-state index contributed by atoms with van der Waals surface area (Å²) in [7, 11) is 0. The molecule has 1 saturated carbocycles. The highest BCUT2D eigenvalue weighted by atomic mass is 16.2. The molecule has 2 amide bonds. The minimum Gasteiger partial charge on any atom is -0.368 e. The van der Waals surface area contributed by atoms with E-state index < -0.39 is 0 Å². The lowest BCUT2D eigenvalue weighted by Crippen LogP contribution is -2.49. The monoisotopic (exact) mass is 341 g/mol. The van der Waals surface area contributed by atoms with Gasteiger partial charge >= 0.3 is 0 Å². The molecule has 0 spiro atoms. The van der Waals surface area contributed by atoms with Gasteiger partial charge in [-0.1, -0.05) is 38.1 Å². The molecule has 25 heavy (non-hydrogen) atoms. The summed E-state index contributed by atoms with van der Waals surface area (Å²) in [5.41, 5.74) is 7.74. The molecule has 1 aliphatic carbocycles. The Bertz CT molecular complexity index is 679. The number of nitrogens with zero attached hydrogens (tertiary/aromatic N) is 1. The predicted molar refractivity (Wildman–Crippen MR) is 99.1 cm³/mol. The number of benzene rings is 1. The molecule has 5 nitrogen and oxygen atoms in total. The van der Waals surface area contributed by atoms with Crippen molar-refractivity contribution in [1.82, 2.24) is 5.32 Å². The van der Waals surface area contributed by atoms with Crippen LogP contribution < -0.4 is 16.0 Å². The van der Waals surface area contributed by atoms with Gasteiger partial charge in [0.05, 0.1) is 6.04 Å². The molecule has 0 bridgehead atoms. The van der Waals surface area contributed by atoms with Crippen molar-refractivity contribution >= 4 is 17.5 Å². The van der Waals surface area contributed by atoms with E-state index in [1.807, 2.05) is 43.0 Å². The van der Waals surface area contributed by atoms with E-state index in [0.717, 1.165) is 31.5 Å². The van der Waals surface area contributed by atoms with E-state index >= 15 is 0 Å². The number of hydrogen-bond acceptors (Lipinski definition) is 3. The van der Waals surface area contributed by atoms with Gasteiger partial charge in [0.15, 0.2) is 0 Å². The van der Waals surface area contributed by atoms with Gasteiger partial charge in [0.2, 0.25) is 5.91 Å². The highest BCUT2D eigenvalue weighted by molar-refractivity contribution is 6.02. The summed E-state index contributed by atoms with van der Waals surface area (Å²) >= 11 is 0. The number of amides is 2. The molecule has 1 fully saturated rings. The number of nitrogens with two attached hydrogens (primary N) is 1. The lowest BCUT2D eigenvalue weighted by atomic mass is 10.0. The van der Waals surface area contributed by atoms with E-state index in [0.29, 0.717) is 5.92 Å². The summed E-state index contributed by atoms with van der Waals surface area (Å²) in [5.74, 6) is 0.259. The fourth-order valence-electron chi connectivity index (χ4n) is 3.46. The van der Waals surface area contributed by atoms with Crippen molar-refractivity contribution in [1.29, 1.82) is 0 Å². The van der Waals surface area contributed by atoms with Crippen molar-refractivity contribution in [2.75, 3.05) is 11.4 Å². The molecule has 0 unspecified atom stereocenters. The quantitative estimate of drug-likeness (QED) is 0.745. The first-order valence-corrected chi connectivity index (χ1v) is 9.10. The van der Waals surface area contributed by atoms with Crippen LogP contribution in [0.3, 0.4) is 0 Å². The summed E-state index contributed by atoms with van der Waals surface area (Å²) < 4.78 is 0. The van der Waals surface area contributed by atoms with Crippen LogP contribution in [0.15, 0.2) is 36.4 Å². The Hall–Kier alpha value is -2.14. The maximum Gasteiger partial charge on any atom is 0.250 e. The predicted octanol–water partition coefficient (Wildman–Crippen LogP) is 2.01. The Balaban J connectivity index is 1.68. The SMILES string of the molecule is CC(C)[C@H](N[C@H](/C=C/C(=O)N1CCc2ccccc21)C1CC1)C(N)=O. The van der Waals surface area contributed by atoms with Gasteiger partial charge in [-0.3, -0.25) is 14.9 Å². The van der Waals surface area contributed by atoms with Gasteiger partial charge < -0.3 is 10.6 Å². The van der Waals surface area contributed by atoms with Gasteiger partial charge in [-0.05, 0) is 42.7 Å². The van der Waals surface area contributed by atoms with E-state index in [9.17, 15) is 9.59 Å². The first-order chi connectivity index (χ1) is 12.0. The summed E-state index contributed by atoms with van der Waals surface area (Å²) in [6, 6.07) is 7.67. The molecular weight excluding hydrogens is 314 g/mol. The van der Waals surface area contributed by atoms with Gasteiger partial charge in [-0.2, -0.15) is 0 Å². The second kappa shape index (κ2) is 7.40. The molecule has 0 aromatic heterocycles. The Kier molecular flexibility index (Phi) is 5.23. The van der Waals surface area contributed by atoms with Gasteiger partial charge in [-0.25, -0.2) is 0 Å².